The zero-order chi connectivity index (χ0) is 25.3. The van der Waals surface area contributed by atoms with E-state index < -0.39 is 0 Å². The summed E-state index contributed by atoms with van der Waals surface area (Å²) < 4.78 is 10.8. The summed E-state index contributed by atoms with van der Waals surface area (Å²) in [7, 11) is 3.36. The molecule has 0 radical (unpaired) electrons. The summed E-state index contributed by atoms with van der Waals surface area (Å²) >= 11 is 0. The first-order valence-electron chi connectivity index (χ1n) is 12.5. The number of carbonyl (C=O) groups excluding carboxylic acids is 1. The van der Waals surface area contributed by atoms with Crippen molar-refractivity contribution in [2.24, 2.45) is 0 Å². The number of fused-ring (bicyclic) bond motifs is 1. The van der Waals surface area contributed by atoms with Crippen molar-refractivity contribution in [3.8, 4) is 11.5 Å². The minimum Gasteiger partial charge on any atom is -0.497 e. The van der Waals surface area contributed by atoms with Crippen molar-refractivity contribution in [1.82, 2.24) is 10.3 Å². The average molecular weight is 483 g/mol. The molecule has 1 N–H and O–H groups in total. The normalized spacial score (nSPS) is 13.9. The molecule has 1 amide bonds. The third-order valence-electron chi connectivity index (χ3n) is 6.60. The molecule has 5 nitrogen and oxygen atoms in total. The molecule has 0 aliphatic heterocycles. The van der Waals surface area contributed by atoms with Gasteiger partial charge in [-0.15, -0.1) is 0 Å². The highest BCUT2D eigenvalue weighted by atomic mass is 16.5. The molecule has 0 fully saturated rings. The monoisotopic (exact) mass is 482 g/mol. The summed E-state index contributed by atoms with van der Waals surface area (Å²) in [6.07, 6.45) is 12.0. The van der Waals surface area contributed by atoms with Gasteiger partial charge in [-0.25, -0.2) is 0 Å². The van der Waals surface area contributed by atoms with Crippen molar-refractivity contribution in [3.05, 3.63) is 107 Å². The molecule has 0 bridgehead atoms. The van der Waals surface area contributed by atoms with Crippen LogP contribution in [0.3, 0.4) is 0 Å². The Morgan fingerprint density at radius 2 is 1.83 bits per heavy atom. The van der Waals surface area contributed by atoms with E-state index in [1.165, 1.54) is 16.7 Å². The van der Waals surface area contributed by atoms with E-state index in [1.807, 2.05) is 36.5 Å². The van der Waals surface area contributed by atoms with E-state index in [9.17, 15) is 4.79 Å². The Balaban J connectivity index is 1.49. The number of carbonyl (C=O) groups is 1. The molecule has 3 aromatic rings. The largest absolute Gasteiger partial charge is 0.497 e. The highest BCUT2D eigenvalue weighted by Crippen LogP contribution is 2.38. The van der Waals surface area contributed by atoms with Gasteiger partial charge >= 0.3 is 0 Å². The smallest absolute Gasteiger partial charge is 0.244 e. The molecule has 5 heteroatoms. The number of rotatable bonds is 10. The van der Waals surface area contributed by atoms with E-state index in [4.69, 9.17) is 9.47 Å². The van der Waals surface area contributed by atoms with Gasteiger partial charge < -0.3 is 14.8 Å². The van der Waals surface area contributed by atoms with Crippen LogP contribution in [0.25, 0.3) is 5.57 Å². The molecule has 1 heterocycles. The highest BCUT2D eigenvalue weighted by molar-refractivity contribution is 5.91. The molecule has 4 rings (SSSR count). The van der Waals surface area contributed by atoms with Crippen LogP contribution in [0.1, 0.15) is 48.4 Å². The lowest BCUT2D eigenvalue weighted by Gasteiger charge is -2.23. The first-order chi connectivity index (χ1) is 17.6. The lowest BCUT2D eigenvalue weighted by Crippen LogP contribution is -2.31. The van der Waals surface area contributed by atoms with Crippen LogP contribution in [0.5, 0.6) is 11.5 Å². The Hall–Kier alpha value is -3.86. The summed E-state index contributed by atoms with van der Waals surface area (Å²) in [4.78, 5) is 16.9. The maximum atomic E-state index is 12.7. The van der Waals surface area contributed by atoms with Crippen LogP contribution in [-0.4, -0.2) is 31.2 Å². The third kappa shape index (κ3) is 6.42. The van der Waals surface area contributed by atoms with Crippen molar-refractivity contribution in [1.29, 1.82) is 0 Å². The van der Waals surface area contributed by atoms with E-state index >= 15 is 0 Å². The molecular formula is C31H34N2O3. The SMILES string of the molecule is COc1ccc(C2=C(C=CC(=O)N[C@H](C)CCCc3cccnc3)CCc3cc(OC)ccc32)cc1. The maximum absolute atomic E-state index is 12.7. The van der Waals surface area contributed by atoms with Crippen molar-refractivity contribution in [2.45, 2.75) is 45.1 Å². The van der Waals surface area contributed by atoms with E-state index in [1.54, 1.807) is 26.5 Å². The number of ether oxygens (including phenoxy) is 2. The van der Waals surface area contributed by atoms with E-state index in [2.05, 4.69) is 47.6 Å². The van der Waals surface area contributed by atoms with E-state index in [0.29, 0.717) is 0 Å². The Morgan fingerprint density at radius 1 is 1.06 bits per heavy atom. The minimum absolute atomic E-state index is 0.0639. The zero-order valence-electron chi connectivity index (χ0n) is 21.3. The fourth-order valence-electron chi connectivity index (χ4n) is 4.68. The lowest BCUT2D eigenvalue weighted by atomic mass is 9.82. The molecule has 186 valence electrons. The van der Waals surface area contributed by atoms with Crippen LogP contribution < -0.4 is 14.8 Å². The average Bonchev–Trinajstić information content (AvgIpc) is 2.92. The molecule has 0 saturated carbocycles. The van der Waals surface area contributed by atoms with Gasteiger partial charge in [-0.2, -0.15) is 0 Å². The number of hydrogen-bond donors (Lipinski definition) is 1. The number of methoxy groups -OCH3 is 2. The van der Waals surface area contributed by atoms with Crippen molar-refractivity contribution < 1.29 is 14.3 Å². The van der Waals surface area contributed by atoms with Crippen molar-refractivity contribution >= 4 is 11.5 Å². The molecule has 0 spiro atoms. The first-order valence-corrected chi connectivity index (χ1v) is 12.5. The topological polar surface area (TPSA) is 60.5 Å². The molecule has 0 saturated heterocycles. The minimum atomic E-state index is -0.0639. The number of aryl methyl sites for hydroxylation is 2. The summed E-state index contributed by atoms with van der Waals surface area (Å²) in [6, 6.07) is 18.5. The van der Waals surface area contributed by atoms with Crippen LogP contribution in [0, 0.1) is 0 Å². The van der Waals surface area contributed by atoms with Crippen LogP contribution in [-0.2, 0) is 17.6 Å². The predicted octanol–water partition coefficient (Wildman–Crippen LogP) is 5.93. The molecule has 1 aliphatic carbocycles. The number of benzene rings is 2. The highest BCUT2D eigenvalue weighted by Gasteiger charge is 2.20. The molecule has 1 atom stereocenters. The van der Waals surface area contributed by atoms with Gasteiger partial charge in [0.05, 0.1) is 14.2 Å². The molecule has 1 aliphatic rings. The summed E-state index contributed by atoms with van der Waals surface area (Å²) in [5.74, 6) is 1.61. The van der Waals surface area contributed by atoms with Crippen LogP contribution >= 0.6 is 0 Å². The fourth-order valence-corrected chi connectivity index (χ4v) is 4.68. The summed E-state index contributed by atoms with van der Waals surface area (Å²) in [5.41, 5.74) is 7.06. The second kappa shape index (κ2) is 12.2. The quantitative estimate of drug-likeness (QED) is 0.364. The maximum Gasteiger partial charge on any atom is 0.244 e. The molecule has 36 heavy (non-hydrogen) atoms. The van der Waals surface area contributed by atoms with Gasteiger partial charge in [0.2, 0.25) is 5.91 Å². The Morgan fingerprint density at radius 3 is 2.56 bits per heavy atom. The van der Waals surface area contributed by atoms with Crippen LogP contribution in [0.15, 0.2) is 84.7 Å². The van der Waals surface area contributed by atoms with Gasteiger partial charge in [0.1, 0.15) is 11.5 Å². The zero-order valence-corrected chi connectivity index (χ0v) is 21.3. The van der Waals surface area contributed by atoms with Crippen LogP contribution in [0.4, 0.5) is 0 Å². The Labute approximate surface area is 213 Å². The number of allylic oxidation sites excluding steroid dienone is 2. The van der Waals surface area contributed by atoms with Crippen LogP contribution in [0.2, 0.25) is 0 Å². The van der Waals surface area contributed by atoms with Gasteiger partial charge in [0, 0.05) is 24.5 Å². The number of aromatic nitrogens is 1. The predicted molar refractivity (Wildman–Crippen MR) is 144 cm³/mol. The lowest BCUT2D eigenvalue weighted by molar-refractivity contribution is -0.117. The number of amides is 1. The molecule has 2 aromatic carbocycles. The van der Waals surface area contributed by atoms with Gasteiger partial charge in [-0.3, -0.25) is 9.78 Å². The van der Waals surface area contributed by atoms with Gasteiger partial charge in [0.25, 0.3) is 0 Å². The van der Waals surface area contributed by atoms with Crippen molar-refractivity contribution in [3.63, 3.8) is 0 Å². The fraction of sp³-hybridized carbons (Fsp3) is 0.290. The number of nitrogens with zero attached hydrogens (tertiary/aromatic N) is 1. The summed E-state index contributed by atoms with van der Waals surface area (Å²) in [5, 5.41) is 3.11. The summed E-state index contributed by atoms with van der Waals surface area (Å²) in [6.45, 7) is 2.06. The molecule has 0 unspecified atom stereocenters. The molecule has 1 aromatic heterocycles. The van der Waals surface area contributed by atoms with Gasteiger partial charge in [0.15, 0.2) is 0 Å². The van der Waals surface area contributed by atoms with E-state index in [0.717, 1.165) is 60.3 Å². The first kappa shape index (κ1) is 25.2. The second-order valence-electron chi connectivity index (χ2n) is 9.15. The number of nitrogens with one attached hydrogen (secondary N) is 1. The number of pyridine rings is 1. The van der Waals surface area contributed by atoms with Crippen molar-refractivity contribution in [2.75, 3.05) is 14.2 Å². The standard InChI is InChI=1S/C31H34N2O3/c1-22(6-4-7-23-8-5-19-32-21-23)33-30(34)18-13-24-9-10-26-20-28(36-3)16-17-29(26)31(24)25-11-14-27(35-2)15-12-25/h5,8,11-22H,4,6-7,9-10H2,1-3H3,(H,33,34)/t22-/m1/s1. The Kier molecular flexibility index (Phi) is 8.56. The second-order valence-corrected chi connectivity index (χ2v) is 9.15. The Bertz CT molecular complexity index is 1230. The molecular weight excluding hydrogens is 448 g/mol. The number of hydrogen-bond acceptors (Lipinski definition) is 4. The van der Waals surface area contributed by atoms with E-state index in [-0.39, 0.29) is 11.9 Å². The third-order valence-corrected chi connectivity index (χ3v) is 6.60. The van der Waals surface area contributed by atoms with Gasteiger partial charge in [-0.05, 0) is 103 Å². The van der Waals surface area contributed by atoms with Gasteiger partial charge in [-0.1, -0.05) is 30.3 Å².